The highest BCUT2D eigenvalue weighted by Gasteiger charge is 2.20. The van der Waals surface area contributed by atoms with Gasteiger partial charge in [-0.1, -0.05) is 29.0 Å². The molecule has 9 heteroatoms. The van der Waals surface area contributed by atoms with Crippen LogP contribution in [0.1, 0.15) is 0 Å². The molecule has 0 saturated carbocycles. The van der Waals surface area contributed by atoms with Crippen molar-refractivity contribution in [1.82, 2.24) is 19.8 Å². The minimum absolute atomic E-state index is 0.0690. The van der Waals surface area contributed by atoms with Gasteiger partial charge in [0, 0.05) is 5.02 Å². The van der Waals surface area contributed by atoms with Crippen molar-refractivity contribution in [2.24, 2.45) is 0 Å². The van der Waals surface area contributed by atoms with Crippen LogP contribution in [-0.2, 0) is 0 Å². The summed E-state index contributed by atoms with van der Waals surface area (Å²) < 4.78 is 34.3. The lowest BCUT2D eigenvalue weighted by molar-refractivity contribution is 0.416. The first-order valence-electron chi connectivity index (χ1n) is 7.09. The Hall–Kier alpha value is -2.58. The number of hydrogen-bond acceptors (Lipinski definition) is 5. The Balaban J connectivity index is 1.90. The van der Waals surface area contributed by atoms with Crippen LogP contribution < -0.4 is 4.74 Å². The molecule has 25 heavy (non-hydrogen) atoms. The summed E-state index contributed by atoms with van der Waals surface area (Å²) in [5.41, 5.74) is 0.665. The number of fused-ring (bicyclic) bond motifs is 1. The molecule has 5 nitrogen and oxygen atoms in total. The van der Waals surface area contributed by atoms with Gasteiger partial charge in [-0.2, -0.15) is 9.61 Å². The third-order valence-electron chi connectivity index (χ3n) is 3.58. The molecule has 0 bridgehead atoms. The van der Waals surface area contributed by atoms with Crippen molar-refractivity contribution in [2.75, 3.05) is 7.11 Å². The number of nitrogens with zero attached hydrogens (tertiary/aromatic N) is 4. The minimum atomic E-state index is -0.950. The van der Waals surface area contributed by atoms with E-state index in [-0.39, 0.29) is 5.56 Å². The number of hydrogen-bond donors (Lipinski definition) is 0. The largest absolute Gasteiger partial charge is 0.496 e. The molecule has 0 fully saturated rings. The molecule has 0 atom stereocenters. The Morgan fingerprint density at radius 1 is 1.12 bits per heavy atom. The first-order valence-corrected chi connectivity index (χ1v) is 8.28. The molecule has 4 rings (SSSR count). The van der Waals surface area contributed by atoms with Gasteiger partial charge >= 0.3 is 0 Å². The molecule has 2 aromatic heterocycles. The maximum absolute atomic E-state index is 14.0. The van der Waals surface area contributed by atoms with Gasteiger partial charge in [0.05, 0.1) is 18.2 Å². The Labute approximate surface area is 149 Å². The molecule has 0 aliphatic heterocycles. The Morgan fingerprint density at radius 2 is 1.96 bits per heavy atom. The van der Waals surface area contributed by atoms with Gasteiger partial charge in [-0.05, 0) is 30.3 Å². The van der Waals surface area contributed by atoms with Crippen LogP contribution >= 0.6 is 22.9 Å². The van der Waals surface area contributed by atoms with Gasteiger partial charge in [0.2, 0.25) is 4.96 Å². The number of ether oxygens (including phenoxy) is 1. The van der Waals surface area contributed by atoms with Crippen molar-refractivity contribution in [3.8, 4) is 27.7 Å². The van der Waals surface area contributed by atoms with Gasteiger partial charge in [0.25, 0.3) is 0 Å². The summed E-state index contributed by atoms with van der Waals surface area (Å²) in [6, 6.07) is 9.02. The van der Waals surface area contributed by atoms with Gasteiger partial charge in [-0.15, -0.1) is 10.2 Å². The highest BCUT2D eigenvalue weighted by molar-refractivity contribution is 7.19. The van der Waals surface area contributed by atoms with Crippen molar-refractivity contribution in [3.63, 3.8) is 0 Å². The number of halogens is 3. The molecule has 0 aliphatic carbocycles. The van der Waals surface area contributed by atoms with Crippen LogP contribution in [0.15, 0.2) is 36.4 Å². The van der Waals surface area contributed by atoms with Crippen LogP contribution in [0.25, 0.3) is 26.9 Å². The predicted molar refractivity (Wildman–Crippen MR) is 91.0 cm³/mol. The summed E-state index contributed by atoms with van der Waals surface area (Å²) in [4.78, 5) is 0.440. The van der Waals surface area contributed by atoms with Crippen LogP contribution in [0.5, 0.6) is 5.75 Å². The molecule has 0 saturated heterocycles. The zero-order valence-corrected chi connectivity index (χ0v) is 14.3. The number of rotatable bonds is 3. The van der Waals surface area contributed by atoms with E-state index in [9.17, 15) is 8.78 Å². The average Bonchev–Trinajstić information content (AvgIpc) is 3.17. The van der Waals surface area contributed by atoms with Crippen LogP contribution in [-0.4, -0.2) is 26.9 Å². The second kappa shape index (κ2) is 6.05. The quantitative estimate of drug-likeness (QED) is 0.528. The van der Waals surface area contributed by atoms with Gasteiger partial charge < -0.3 is 4.74 Å². The van der Waals surface area contributed by atoms with Crippen molar-refractivity contribution < 1.29 is 13.5 Å². The summed E-state index contributed by atoms with van der Waals surface area (Å²) in [6.45, 7) is 0. The van der Waals surface area contributed by atoms with Crippen molar-refractivity contribution >= 4 is 27.9 Å². The standard InChI is InChI=1S/C16H9ClF2N4OS/c1-24-12-6-5-8(17)7-10(12)14-20-21-16-23(14)22-15(25-16)9-3-2-4-11(18)13(9)19/h2-7H,1H3. The van der Waals surface area contributed by atoms with E-state index in [1.54, 1.807) is 18.2 Å². The van der Waals surface area contributed by atoms with Crippen LogP contribution in [0.3, 0.4) is 0 Å². The van der Waals surface area contributed by atoms with E-state index < -0.39 is 11.6 Å². The molecule has 0 unspecified atom stereocenters. The third-order valence-corrected chi connectivity index (χ3v) is 4.74. The van der Waals surface area contributed by atoms with Gasteiger partial charge in [0.1, 0.15) is 5.75 Å². The van der Waals surface area contributed by atoms with Crippen molar-refractivity contribution in [1.29, 1.82) is 0 Å². The summed E-state index contributed by atoms with van der Waals surface area (Å²) in [5.74, 6) is -0.937. The van der Waals surface area contributed by atoms with Crippen LogP contribution in [0.4, 0.5) is 8.78 Å². The Bertz CT molecular complexity index is 1100. The number of benzene rings is 2. The molecule has 0 amide bonds. The van der Waals surface area contributed by atoms with E-state index in [1.165, 1.54) is 23.8 Å². The topological polar surface area (TPSA) is 52.3 Å². The highest BCUT2D eigenvalue weighted by Crippen LogP contribution is 2.34. The van der Waals surface area contributed by atoms with E-state index in [0.717, 1.165) is 17.4 Å². The second-order valence-electron chi connectivity index (χ2n) is 5.07. The maximum Gasteiger partial charge on any atom is 0.235 e. The Morgan fingerprint density at radius 3 is 2.76 bits per heavy atom. The fourth-order valence-electron chi connectivity index (χ4n) is 2.42. The minimum Gasteiger partial charge on any atom is -0.496 e. The zero-order valence-electron chi connectivity index (χ0n) is 12.7. The molecule has 126 valence electrons. The first-order chi connectivity index (χ1) is 12.1. The molecule has 0 spiro atoms. The fourth-order valence-corrected chi connectivity index (χ4v) is 3.45. The normalized spacial score (nSPS) is 11.2. The molecule has 0 aliphatic rings. The molecule has 0 N–H and O–H groups in total. The van der Waals surface area contributed by atoms with Crippen LogP contribution in [0.2, 0.25) is 5.02 Å². The molecular formula is C16H9ClF2N4OS. The van der Waals surface area contributed by atoms with E-state index >= 15 is 0 Å². The van der Waals surface area contributed by atoms with E-state index in [2.05, 4.69) is 15.3 Å². The summed E-state index contributed by atoms with van der Waals surface area (Å²) >= 11 is 7.16. The number of methoxy groups -OCH3 is 1. The van der Waals surface area contributed by atoms with E-state index in [4.69, 9.17) is 16.3 Å². The summed E-state index contributed by atoms with van der Waals surface area (Å²) in [6.07, 6.45) is 0. The van der Waals surface area contributed by atoms with Crippen molar-refractivity contribution in [2.45, 2.75) is 0 Å². The zero-order chi connectivity index (χ0) is 17.6. The van der Waals surface area contributed by atoms with E-state index in [1.807, 2.05) is 0 Å². The highest BCUT2D eigenvalue weighted by atomic mass is 35.5. The van der Waals surface area contributed by atoms with Gasteiger partial charge in [-0.3, -0.25) is 0 Å². The van der Waals surface area contributed by atoms with Gasteiger partial charge in [0.15, 0.2) is 22.5 Å². The maximum atomic E-state index is 14.0. The van der Waals surface area contributed by atoms with Crippen LogP contribution in [0, 0.1) is 11.6 Å². The monoisotopic (exact) mass is 378 g/mol. The molecule has 0 radical (unpaired) electrons. The van der Waals surface area contributed by atoms with Gasteiger partial charge in [-0.25, -0.2) is 8.78 Å². The molecule has 4 aromatic rings. The van der Waals surface area contributed by atoms with E-state index in [0.29, 0.717) is 32.1 Å². The fraction of sp³-hybridized carbons (Fsp3) is 0.0625. The first kappa shape index (κ1) is 15.9. The summed E-state index contributed by atoms with van der Waals surface area (Å²) in [7, 11) is 1.53. The Kier molecular flexibility index (Phi) is 3.85. The van der Waals surface area contributed by atoms with Crippen molar-refractivity contribution in [3.05, 3.63) is 53.1 Å². The smallest absolute Gasteiger partial charge is 0.235 e. The third kappa shape index (κ3) is 2.63. The lowest BCUT2D eigenvalue weighted by Gasteiger charge is -2.06. The lowest BCUT2D eigenvalue weighted by atomic mass is 10.2. The lowest BCUT2D eigenvalue weighted by Crippen LogP contribution is -1.95. The SMILES string of the molecule is COc1ccc(Cl)cc1-c1nnc2sc(-c3cccc(F)c3F)nn12. The number of aromatic nitrogens is 4. The molecule has 2 aromatic carbocycles. The summed E-state index contributed by atoms with van der Waals surface area (Å²) in [5, 5.41) is 13.3. The molecular weight excluding hydrogens is 370 g/mol. The predicted octanol–water partition coefficient (Wildman–Crippen LogP) is 4.46. The second-order valence-corrected chi connectivity index (χ2v) is 6.46. The average molecular weight is 379 g/mol. The molecule has 2 heterocycles.